The maximum absolute atomic E-state index is 13.0. The van der Waals surface area contributed by atoms with E-state index in [9.17, 15) is 13.2 Å². The van der Waals surface area contributed by atoms with Crippen molar-refractivity contribution in [1.82, 2.24) is 24.9 Å². The first-order chi connectivity index (χ1) is 14.9. The van der Waals surface area contributed by atoms with Crippen LogP contribution in [0, 0.1) is 0 Å². The molecule has 0 aliphatic carbocycles. The summed E-state index contributed by atoms with van der Waals surface area (Å²) in [5.74, 6) is 0.994. The van der Waals surface area contributed by atoms with Crippen molar-refractivity contribution in [2.75, 3.05) is 7.11 Å². The van der Waals surface area contributed by atoms with Gasteiger partial charge in [-0.1, -0.05) is 41.2 Å². The molecule has 0 saturated heterocycles. The highest BCUT2D eigenvalue weighted by Gasteiger charge is 2.31. The van der Waals surface area contributed by atoms with Gasteiger partial charge in [-0.05, 0) is 31.2 Å². The predicted octanol–water partition coefficient (Wildman–Crippen LogP) is 5.20. The van der Waals surface area contributed by atoms with Crippen molar-refractivity contribution in [3.8, 4) is 22.8 Å². The lowest BCUT2D eigenvalue weighted by molar-refractivity contribution is -0.137. The van der Waals surface area contributed by atoms with Crippen LogP contribution in [0.5, 0.6) is 5.75 Å². The van der Waals surface area contributed by atoms with Gasteiger partial charge in [0, 0.05) is 5.56 Å². The van der Waals surface area contributed by atoms with Gasteiger partial charge in [-0.2, -0.15) is 18.2 Å². The SMILES string of the molecule is COc1ccccc1-n1cnnc1SC(C)c1nc(-c2cccc(C(F)(F)F)c2)no1. The van der Waals surface area contributed by atoms with Crippen LogP contribution in [0.15, 0.2) is 64.5 Å². The van der Waals surface area contributed by atoms with E-state index in [-0.39, 0.29) is 22.5 Å². The van der Waals surface area contributed by atoms with Crippen molar-refractivity contribution in [2.24, 2.45) is 0 Å². The normalized spacial score (nSPS) is 12.7. The summed E-state index contributed by atoms with van der Waals surface area (Å²) in [6.45, 7) is 1.83. The maximum Gasteiger partial charge on any atom is 0.416 e. The summed E-state index contributed by atoms with van der Waals surface area (Å²) in [6.07, 6.45) is -2.89. The topological polar surface area (TPSA) is 78.9 Å². The van der Waals surface area contributed by atoms with Crippen LogP contribution in [0.4, 0.5) is 13.2 Å². The Morgan fingerprint density at radius 2 is 1.94 bits per heavy atom. The molecule has 31 heavy (non-hydrogen) atoms. The number of methoxy groups -OCH3 is 1. The number of nitrogens with zero attached hydrogens (tertiary/aromatic N) is 5. The number of rotatable bonds is 6. The lowest BCUT2D eigenvalue weighted by atomic mass is 10.1. The zero-order valence-corrected chi connectivity index (χ0v) is 17.2. The fourth-order valence-corrected chi connectivity index (χ4v) is 3.73. The summed E-state index contributed by atoms with van der Waals surface area (Å²) in [7, 11) is 1.58. The molecular weight excluding hydrogens is 431 g/mol. The molecule has 2 aromatic heterocycles. The molecule has 7 nitrogen and oxygen atoms in total. The molecule has 4 rings (SSSR count). The van der Waals surface area contributed by atoms with Gasteiger partial charge in [-0.15, -0.1) is 10.2 Å². The number of para-hydroxylation sites is 2. The molecule has 1 unspecified atom stereocenters. The molecule has 0 spiro atoms. The zero-order chi connectivity index (χ0) is 22.0. The number of benzene rings is 2. The van der Waals surface area contributed by atoms with E-state index in [0.29, 0.717) is 10.9 Å². The van der Waals surface area contributed by atoms with Crippen LogP contribution < -0.4 is 4.74 Å². The minimum Gasteiger partial charge on any atom is -0.495 e. The first-order valence-electron chi connectivity index (χ1n) is 9.08. The van der Waals surface area contributed by atoms with Crippen LogP contribution in [0.3, 0.4) is 0 Å². The zero-order valence-electron chi connectivity index (χ0n) is 16.4. The summed E-state index contributed by atoms with van der Waals surface area (Å²) in [5, 5.41) is 12.2. The molecule has 160 valence electrons. The first kappa shape index (κ1) is 20.9. The molecule has 11 heteroatoms. The Bertz CT molecular complexity index is 1190. The van der Waals surface area contributed by atoms with Crippen molar-refractivity contribution in [3.63, 3.8) is 0 Å². The Morgan fingerprint density at radius 1 is 1.13 bits per heavy atom. The second-order valence-electron chi connectivity index (χ2n) is 6.45. The van der Waals surface area contributed by atoms with E-state index in [4.69, 9.17) is 9.26 Å². The molecule has 0 amide bonds. The minimum absolute atomic E-state index is 0.0831. The van der Waals surface area contributed by atoms with E-state index in [1.54, 1.807) is 18.0 Å². The van der Waals surface area contributed by atoms with Crippen LogP contribution in [-0.4, -0.2) is 32.0 Å². The number of aromatic nitrogens is 5. The summed E-state index contributed by atoms with van der Waals surface area (Å²) in [6, 6.07) is 12.2. The maximum atomic E-state index is 13.0. The second kappa shape index (κ2) is 8.42. The molecule has 0 aliphatic heterocycles. The summed E-state index contributed by atoms with van der Waals surface area (Å²) in [5.41, 5.74) is 0.211. The quantitative estimate of drug-likeness (QED) is 0.376. The third-order valence-corrected chi connectivity index (χ3v) is 5.43. The van der Waals surface area contributed by atoms with E-state index < -0.39 is 11.7 Å². The summed E-state index contributed by atoms with van der Waals surface area (Å²) >= 11 is 1.32. The lowest BCUT2D eigenvalue weighted by Crippen LogP contribution is -2.04. The van der Waals surface area contributed by atoms with Gasteiger partial charge in [0.15, 0.2) is 5.16 Å². The van der Waals surface area contributed by atoms with Gasteiger partial charge in [0.05, 0.1) is 23.6 Å². The van der Waals surface area contributed by atoms with E-state index in [0.717, 1.165) is 17.8 Å². The van der Waals surface area contributed by atoms with Crippen LogP contribution in [0.1, 0.15) is 23.6 Å². The number of ether oxygens (including phenoxy) is 1. The van der Waals surface area contributed by atoms with Crippen molar-refractivity contribution in [2.45, 2.75) is 23.5 Å². The van der Waals surface area contributed by atoms with Gasteiger partial charge in [0.2, 0.25) is 11.7 Å². The Morgan fingerprint density at radius 3 is 2.71 bits per heavy atom. The Balaban J connectivity index is 1.56. The molecule has 2 heterocycles. The molecule has 0 N–H and O–H groups in total. The lowest BCUT2D eigenvalue weighted by Gasteiger charge is -2.11. The Kier molecular flexibility index (Phi) is 5.68. The first-order valence-corrected chi connectivity index (χ1v) is 9.96. The van der Waals surface area contributed by atoms with E-state index >= 15 is 0 Å². The van der Waals surface area contributed by atoms with E-state index in [1.807, 2.05) is 31.2 Å². The van der Waals surface area contributed by atoms with E-state index in [1.165, 1.54) is 23.9 Å². The molecule has 0 fully saturated rings. The third kappa shape index (κ3) is 4.41. The number of hydrogen-bond acceptors (Lipinski definition) is 7. The number of thioether (sulfide) groups is 1. The number of alkyl halides is 3. The average Bonchev–Trinajstić information content (AvgIpc) is 3.43. The molecule has 0 saturated carbocycles. The highest BCUT2D eigenvalue weighted by atomic mass is 32.2. The van der Waals surface area contributed by atoms with Crippen molar-refractivity contribution in [1.29, 1.82) is 0 Å². The average molecular weight is 447 g/mol. The van der Waals surface area contributed by atoms with Gasteiger partial charge in [-0.3, -0.25) is 4.57 Å². The fraction of sp³-hybridized carbons (Fsp3) is 0.200. The summed E-state index contributed by atoms with van der Waals surface area (Å²) < 4.78 is 51.4. The van der Waals surface area contributed by atoms with Crippen LogP contribution >= 0.6 is 11.8 Å². The monoisotopic (exact) mass is 447 g/mol. The molecular formula is C20H16F3N5O2S. The molecule has 0 bridgehead atoms. The van der Waals surface area contributed by atoms with Gasteiger partial charge in [-0.25, -0.2) is 0 Å². The number of halogens is 3. The molecule has 2 aromatic carbocycles. The molecule has 4 aromatic rings. The predicted molar refractivity (Wildman–Crippen MR) is 107 cm³/mol. The largest absolute Gasteiger partial charge is 0.495 e. The van der Waals surface area contributed by atoms with Crippen molar-refractivity contribution in [3.05, 3.63) is 66.3 Å². The van der Waals surface area contributed by atoms with Gasteiger partial charge < -0.3 is 9.26 Å². The third-order valence-electron chi connectivity index (χ3n) is 4.38. The summed E-state index contributed by atoms with van der Waals surface area (Å²) in [4.78, 5) is 4.27. The van der Waals surface area contributed by atoms with Crippen LogP contribution in [0.2, 0.25) is 0 Å². The highest BCUT2D eigenvalue weighted by molar-refractivity contribution is 7.99. The highest BCUT2D eigenvalue weighted by Crippen LogP contribution is 2.36. The second-order valence-corrected chi connectivity index (χ2v) is 7.76. The van der Waals surface area contributed by atoms with Crippen LogP contribution in [-0.2, 0) is 6.18 Å². The smallest absolute Gasteiger partial charge is 0.416 e. The molecule has 0 radical (unpaired) electrons. The minimum atomic E-state index is -4.45. The Labute approximate surface area is 179 Å². The van der Waals surface area contributed by atoms with Gasteiger partial charge in [0.1, 0.15) is 12.1 Å². The number of hydrogen-bond donors (Lipinski definition) is 0. The standard InChI is InChI=1S/C20H16F3N5O2S/c1-12(31-19-26-24-11-28(19)15-8-3-4-9-16(15)29-2)18-25-17(27-30-18)13-6-5-7-14(10-13)20(21,22)23/h3-12H,1-2H3. The molecule has 0 aliphatic rings. The van der Waals surface area contributed by atoms with Crippen molar-refractivity contribution >= 4 is 11.8 Å². The van der Waals surface area contributed by atoms with Gasteiger partial charge >= 0.3 is 6.18 Å². The van der Waals surface area contributed by atoms with Crippen molar-refractivity contribution < 1.29 is 22.4 Å². The Hall–Kier alpha value is -3.34. The molecule has 1 atom stereocenters. The van der Waals surface area contributed by atoms with Crippen LogP contribution in [0.25, 0.3) is 17.1 Å². The fourth-order valence-electron chi connectivity index (χ4n) is 2.86. The van der Waals surface area contributed by atoms with E-state index in [2.05, 4.69) is 20.3 Å². The van der Waals surface area contributed by atoms with Gasteiger partial charge in [0.25, 0.3) is 0 Å².